The molecule has 0 atom stereocenters. The Morgan fingerprint density at radius 3 is 2.41 bits per heavy atom. The van der Waals surface area contributed by atoms with E-state index in [1.165, 1.54) is 0 Å². The Bertz CT molecular complexity index is 715. The fourth-order valence-electron chi connectivity index (χ4n) is 3.90. The summed E-state index contributed by atoms with van der Waals surface area (Å²) < 4.78 is 17.0. The number of carbonyl (C=O) groups is 2. The molecule has 0 unspecified atom stereocenters. The molecule has 1 N–H and O–H groups in total. The van der Waals surface area contributed by atoms with E-state index in [0.29, 0.717) is 70.0 Å². The van der Waals surface area contributed by atoms with E-state index in [4.69, 9.17) is 14.2 Å². The number of para-hydroxylation sites is 2. The molecule has 146 valence electrons. The Balaban J connectivity index is 1.41. The maximum Gasteiger partial charge on any atom is 0.240 e. The molecule has 2 amide bonds. The van der Waals surface area contributed by atoms with Gasteiger partial charge in [-0.1, -0.05) is 12.1 Å². The molecule has 2 aliphatic heterocycles. The molecule has 1 aromatic carbocycles. The van der Waals surface area contributed by atoms with Gasteiger partial charge in [0, 0.05) is 25.9 Å². The highest BCUT2D eigenvalue weighted by Gasteiger charge is 2.59. The van der Waals surface area contributed by atoms with Crippen LogP contribution in [-0.4, -0.2) is 55.4 Å². The lowest BCUT2D eigenvalue weighted by molar-refractivity contribution is -0.188. The maximum absolute atomic E-state index is 13.1. The number of likely N-dealkylation sites (tertiary alicyclic amines) is 1. The minimum absolute atomic E-state index is 0.0817. The van der Waals surface area contributed by atoms with Crippen LogP contribution in [0.25, 0.3) is 0 Å². The number of benzene rings is 1. The van der Waals surface area contributed by atoms with Crippen LogP contribution in [0.5, 0.6) is 5.75 Å². The number of hydrogen-bond acceptors (Lipinski definition) is 5. The number of rotatable bonds is 5. The van der Waals surface area contributed by atoms with Crippen molar-refractivity contribution in [3.63, 3.8) is 0 Å². The summed E-state index contributed by atoms with van der Waals surface area (Å²) >= 11 is 0. The lowest BCUT2D eigenvalue weighted by atomic mass is 9.98. The summed E-state index contributed by atoms with van der Waals surface area (Å²) in [6.07, 6.45) is 2.49. The average Bonchev–Trinajstić information content (AvgIpc) is 3.39. The molecule has 0 radical (unpaired) electrons. The van der Waals surface area contributed by atoms with Crippen LogP contribution in [0.3, 0.4) is 0 Å². The van der Waals surface area contributed by atoms with Gasteiger partial charge in [0.25, 0.3) is 0 Å². The molecule has 0 aromatic heterocycles. The van der Waals surface area contributed by atoms with Gasteiger partial charge in [0.1, 0.15) is 11.2 Å². The Hall–Kier alpha value is -2.12. The molecule has 1 aliphatic carbocycles. The van der Waals surface area contributed by atoms with Crippen LogP contribution in [-0.2, 0) is 19.1 Å². The standard InChI is InChI=1S/C20H26N2O5/c1-2-25-16-6-4-3-5-15(16)21-17(23)19(7-8-19)18(24)22-11-9-20(10-12-22)26-13-14-27-20/h3-6H,2,7-14H2,1H3,(H,21,23). The molecule has 2 saturated heterocycles. The van der Waals surface area contributed by atoms with E-state index in [1.54, 1.807) is 11.0 Å². The number of nitrogens with one attached hydrogen (secondary N) is 1. The Morgan fingerprint density at radius 1 is 1.11 bits per heavy atom. The van der Waals surface area contributed by atoms with E-state index >= 15 is 0 Å². The summed E-state index contributed by atoms with van der Waals surface area (Å²) in [6, 6.07) is 7.30. The number of piperidine rings is 1. The Labute approximate surface area is 158 Å². The van der Waals surface area contributed by atoms with Crippen molar-refractivity contribution in [2.45, 2.75) is 38.4 Å². The summed E-state index contributed by atoms with van der Waals surface area (Å²) in [5.41, 5.74) is -0.338. The summed E-state index contributed by atoms with van der Waals surface area (Å²) in [6.45, 7) is 4.74. The van der Waals surface area contributed by atoms with Crippen molar-refractivity contribution in [3.8, 4) is 5.75 Å². The van der Waals surface area contributed by atoms with Crippen molar-refractivity contribution >= 4 is 17.5 Å². The second-order valence-electron chi connectivity index (χ2n) is 7.37. The van der Waals surface area contributed by atoms with Crippen molar-refractivity contribution in [2.75, 3.05) is 38.2 Å². The van der Waals surface area contributed by atoms with Gasteiger partial charge in [-0.05, 0) is 31.9 Å². The smallest absolute Gasteiger partial charge is 0.240 e. The van der Waals surface area contributed by atoms with E-state index in [9.17, 15) is 9.59 Å². The molecule has 3 fully saturated rings. The van der Waals surface area contributed by atoms with Crippen LogP contribution in [0.4, 0.5) is 5.69 Å². The van der Waals surface area contributed by atoms with Gasteiger partial charge in [0.05, 0.1) is 25.5 Å². The van der Waals surface area contributed by atoms with Crippen LogP contribution in [0, 0.1) is 5.41 Å². The molecule has 1 spiro atoms. The van der Waals surface area contributed by atoms with E-state index in [0.717, 1.165) is 0 Å². The van der Waals surface area contributed by atoms with Crippen LogP contribution in [0.1, 0.15) is 32.6 Å². The van der Waals surface area contributed by atoms with E-state index in [1.807, 2.05) is 25.1 Å². The van der Waals surface area contributed by atoms with Crippen molar-refractivity contribution in [2.24, 2.45) is 5.41 Å². The first-order chi connectivity index (χ1) is 13.1. The number of amides is 2. The summed E-state index contributed by atoms with van der Waals surface area (Å²) in [5, 5.41) is 2.91. The summed E-state index contributed by atoms with van der Waals surface area (Å²) in [5.74, 6) is -0.228. The van der Waals surface area contributed by atoms with Gasteiger partial charge in [0.15, 0.2) is 5.79 Å². The molecule has 7 heteroatoms. The van der Waals surface area contributed by atoms with Gasteiger partial charge in [-0.25, -0.2) is 0 Å². The fraction of sp³-hybridized carbons (Fsp3) is 0.600. The van der Waals surface area contributed by atoms with Crippen LogP contribution >= 0.6 is 0 Å². The lowest BCUT2D eigenvalue weighted by Crippen LogP contribution is -2.51. The highest BCUT2D eigenvalue weighted by atomic mass is 16.7. The first-order valence-corrected chi connectivity index (χ1v) is 9.69. The highest BCUT2D eigenvalue weighted by molar-refractivity contribution is 6.13. The zero-order chi connectivity index (χ0) is 18.9. The van der Waals surface area contributed by atoms with Crippen LogP contribution in [0.2, 0.25) is 0 Å². The Morgan fingerprint density at radius 2 is 1.78 bits per heavy atom. The first-order valence-electron chi connectivity index (χ1n) is 9.69. The van der Waals surface area contributed by atoms with E-state index in [-0.39, 0.29) is 11.8 Å². The molecule has 27 heavy (non-hydrogen) atoms. The Kier molecular flexibility index (Phi) is 4.82. The quantitative estimate of drug-likeness (QED) is 0.800. The number of nitrogens with zero attached hydrogens (tertiary/aromatic N) is 1. The minimum atomic E-state index is -0.943. The van der Waals surface area contributed by atoms with Gasteiger partial charge < -0.3 is 24.4 Å². The number of carbonyl (C=O) groups excluding carboxylic acids is 2. The summed E-state index contributed by atoms with van der Waals surface area (Å²) in [7, 11) is 0. The largest absolute Gasteiger partial charge is 0.492 e. The average molecular weight is 374 g/mol. The van der Waals surface area contributed by atoms with Crippen molar-refractivity contribution < 1.29 is 23.8 Å². The van der Waals surface area contributed by atoms with Crippen molar-refractivity contribution in [1.29, 1.82) is 0 Å². The highest BCUT2D eigenvalue weighted by Crippen LogP contribution is 2.49. The number of hydrogen-bond donors (Lipinski definition) is 1. The van der Waals surface area contributed by atoms with Gasteiger partial charge >= 0.3 is 0 Å². The molecule has 3 aliphatic rings. The van der Waals surface area contributed by atoms with Crippen molar-refractivity contribution in [3.05, 3.63) is 24.3 Å². The maximum atomic E-state index is 13.1. The van der Waals surface area contributed by atoms with Crippen molar-refractivity contribution in [1.82, 2.24) is 4.90 Å². The normalized spacial score (nSPS) is 22.5. The molecule has 7 nitrogen and oxygen atoms in total. The second-order valence-corrected chi connectivity index (χ2v) is 7.37. The number of anilines is 1. The third-order valence-corrected chi connectivity index (χ3v) is 5.66. The SMILES string of the molecule is CCOc1ccccc1NC(=O)C1(C(=O)N2CCC3(CC2)OCCO3)CC1. The minimum Gasteiger partial charge on any atom is -0.492 e. The molecular weight excluding hydrogens is 348 g/mol. The third-order valence-electron chi connectivity index (χ3n) is 5.66. The zero-order valence-electron chi connectivity index (χ0n) is 15.7. The van der Waals surface area contributed by atoms with Gasteiger partial charge in [-0.2, -0.15) is 0 Å². The predicted molar refractivity (Wildman–Crippen MR) is 98.4 cm³/mol. The van der Waals surface area contributed by atoms with Gasteiger partial charge in [-0.15, -0.1) is 0 Å². The molecule has 0 bridgehead atoms. The molecule has 4 rings (SSSR count). The fourth-order valence-corrected chi connectivity index (χ4v) is 3.90. The van der Waals surface area contributed by atoms with Gasteiger partial charge in [-0.3, -0.25) is 9.59 Å². The second kappa shape index (κ2) is 7.13. The molecular formula is C20H26N2O5. The predicted octanol–water partition coefficient (Wildman–Crippen LogP) is 2.17. The van der Waals surface area contributed by atoms with Crippen LogP contribution in [0.15, 0.2) is 24.3 Å². The third kappa shape index (κ3) is 3.41. The lowest BCUT2D eigenvalue weighted by Gasteiger charge is -2.38. The first kappa shape index (κ1) is 18.3. The molecule has 1 aromatic rings. The van der Waals surface area contributed by atoms with E-state index < -0.39 is 11.2 Å². The number of ether oxygens (including phenoxy) is 3. The van der Waals surface area contributed by atoms with Gasteiger partial charge in [0.2, 0.25) is 11.8 Å². The van der Waals surface area contributed by atoms with E-state index in [2.05, 4.69) is 5.32 Å². The zero-order valence-corrected chi connectivity index (χ0v) is 15.7. The molecule has 2 heterocycles. The topological polar surface area (TPSA) is 77.1 Å². The molecule has 1 saturated carbocycles. The van der Waals surface area contributed by atoms with Crippen LogP contribution < -0.4 is 10.1 Å². The monoisotopic (exact) mass is 374 g/mol. The summed E-state index contributed by atoms with van der Waals surface area (Å²) in [4.78, 5) is 27.8.